The van der Waals surface area contributed by atoms with E-state index >= 15 is 0 Å². The molecule has 1 amide bonds. The lowest BCUT2D eigenvalue weighted by molar-refractivity contribution is -0.114. The van der Waals surface area contributed by atoms with Crippen molar-refractivity contribution in [2.75, 3.05) is 12.1 Å². The van der Waals surface area contributed by atoms with Gasteiger partial charge in [-0.2, -0.15) is 10.1 Å². The number of carbonyl (C=O) groups is 1. The Morgan fingerprint density at radius 3 is 2.60 bits per heavy atom. The van der Waals surface area contributed by atoms with Gasteiger partial charge in [0.2, 0.25) is 0 Å². The number of amides is 1. The second-order valence-electron chi connectivity index (χ2n) is 7.37. The monoisotopic (exact) mass is 398 g/mol. The van der Waals surface area contributed by atoms with E-state index < -0.39 is 5.82 Å². The van der Waals surface area contributed by atoms with Gasteiger partial charge in [0.15, 0.2) is 0 Å². The molecule has 0 aromatic heterocycles. The third-order valence-electron chi connectivity index (χ3n) is 5.53. The predicted octanol–water partition coefficient (Wildman–Crippen LogP) is 4.85. The average Bonchev–Trinajstić information content (AvgIpc) is 3.11. The van der Waals surface area contributed by atoms with Gasteiger partial charge in [-0.3, -0.25) is 4.79 Å². The van der Waals surface area contributed by atoms with E-state index in [1.807, 2.05) is 48.5 Å². The first-order valence-electron chi connectivity index (χ1n) is 9.77. The number of hydrogen-bond acceptors (Lipinski definition) is 3. The van der Waals surface area contributed by atoms with Crippen molar-refractivity contribution in [3.8, 4) is 5.75 Å². The molecule has 0 radical (unpaired) electrons. The number of benzene rings is 3. The van der Waals surface area contributed by atoms with E-state index in [2.05, 4.69) is 11.2 Å². The van der Waals surface area contributed by atoms with E-state index in [1.54, 1.807) is 19.2 Å². The van der Waals surface area contributed by atoms with Crippen LogP contribution in [0.1, 0.15) is 22.6 Å². The third kappa shape index (κ3) is 3.08. The van der Waals surface area contributed by atoms with E-state index in [4.69, 9.17) is 4.74 Å². The predicted molar refractivity (Wildman–Crippen MR) is 114 cm³/mol. The van der Waals surface area contributed by atoms with E-state index in [0.717, 1.165) is 28.9 Å². The third-order valence-corrected chi connectivity index (χ3v) is 5.53. The van der Waals surface area contributed by atoms with E-state index in [1.165, 1.54) is 17.1 Å². The second-order valence-corrected chi connectivity index (χ2v) is 7.37. The van der Waals surface area contributed by atoms with Crippen molar-refractivity contribution >= 4 is 17.3 Å². The number of rotatable bonds is 4. The maximum Gasteiger partial charge on any atom is 0.280 e. The number of carbonyl (C=O) groups excluding carboxylic acids is 1. The van der Waals surface area contributed by atoms with Gasteiger partial charge in [-0.15, -0.1) is 0 Å². The zero-order chi connectivity index (χ0) is 20.7. The molecular formula is C25H19FN2O2. The molecule has 30 heavy (non-hydrogen) atoms. The fourth-order valence-electron chi connectivity index (χ4n) is 4.06. The molecule has 148 valence electrons. The highest BCUT2D eigenvalue weighted by Gasteiger charge is 2.37. The minimum Gasteiger partial charge on any atom is -0.497 e. The summed E-state index contributed by atoms with van der Waals surface area (Å²) in [6, 6.07) is 21.9. The normalized spacial score (nSPS) is 17.2. The Bertz CT molecular complexity index is 1200. The van der Waals surface area contributed by atoms with Crippen LogP contribution in [-0.4, -0.2) is 18.7 Å². The molecule has 0 saturated heterocycles. The summed E-state index contributed by atoms with van der Waals surface area (Å²) in [5.74, 6) is 0.221. The molecule has 1 unspecified atom stereocenters. The van der Waals surface area contributed by atoms with Crippen molar-refractivity contribution in [2.24, 2.45) is 5.10 Å². The number of nitrogens with zero attached hydrogens (tertiary/aromatic N) is 2. The average molecular weight is 398 g/mol. The topological polar surface area (TPSA) is 41.9 Å². The Hall–Kier alpha value is -3.73. The van der Waals surface area contributed by atoms with Gasteiger partial charge in [-0.05, 0) is 47.9 Å². The van der Waals surface area contributed by atoms with Crippen molar-refractivity contribution in [1.82, 2.24) is 0 Å². The van der Waals surface area contributed by atoms with Crippen LogP contribution < -0.4 is 9.75 Å². The van der Waals surface area contributed by atoms with Gasteiger partial charge < -0.3 is 4.74 Å². The van der Waals surface area contributed by atoms with Gasteiger partial charge in [0, 0.05) is 11.5 Å². The van der Waals surface area contributed by atoms with Crippen molar-refractivity contribution in [3.05, 3.63) is 107 Å². The van der Waals surface area contributed by atoms with Crippen molar-refractivity contribution < 1.29 is 13.9 Å². The van der Waals surface area contributed by atoms with Crippen LogP contribution in [0.15, 0.2) is 89.5 Å². The highest BCUT2D eigenvalue weighted by molar-refractivity contribution is 6.36. The molecule has 5 heteroatoms. The summed E-state index contributed by atoms with van der Waals surface area (Å²) in [4.78, 5) is 13.1. The maximum absolute atomic E-state index is 13.7. The smallest absolute Gasteiger partial charge is 0.280 e. The number of fused-ring (bicyclic) bond motifs is 3. The van der Waals surface area contributed by atoms with Crippen molar-refractivity contribution in [3.63, 3.8) is 0 Å². The number of hydrogen-bond donors (Lipinski definition) is 0. The Balaban J connectivity index is 1.54. The van der Waals surface area contributed by atoms with Crippen LogP contribution in [0, 0.1) is 5.82 Å². The van der Waals surface area contributed by atoms with Crippen LogP contribution in [-0.2, 0) is 11.2 Å². The molecule has 0 bridgehead atoms. The van der Waals surface area contributed by atoms with E-state index in [0.29, 0.717) is 17.0 Å². The summed E-state index contributed by atoms with van der Waals surface area (Å²) in [5.41, 5.74) is 4.86. The van der Waals surface area contributed by atoms with Crippen LogP contribution in [0.4, 0.5) is 10.1 Å². The SMILES string of the molecule is COc1ccc(CC2C=C3C(=O)N(c4cccc(F)c4)N=C3c3ccccc32)cc1. The van der Waals surface area contributed by atoms with Gasteiger partial charge in [0.25, 0.3) is 5.91 Å². The number of hydrazone groups is 1. The summed E-state index contributed by atoms with van der Waals surface area (Å²) in [5, 5.41) is 5.85. The molecule has 5 rings (SSSR count). The highest BCUT2D eigenvalue weighted by atomic mass is 19.1. The molecule has 0 N–H and O–H groups in total. The molecule has 3 aromatic rings. The fourth-order valence-corrected chi connectivity index (χ4v) is 4.06. The van der Waals surface area contributed by atoms with Crippen LogP contribution >= 0.6 is 0 Å². The number of ether oxygens (including phenoxy) is 1. The first-order valence-corrected chi connectivity index (χ1v) is 9.77. The molecule has 2 aliphatic rings. The summed E-state index contributed by atoms with van der Waals surface area (Å²) < 4.78 is 18.9. The highest BCUT2D eigenvalue weighted by Crippen LogP contribution is 2.37. The molecule has 3 aromatic carbocycles. The molecule has 1 heterocycles. The minimum absolute atomic E-state index is 0.0416. The molecule has 1 atom stereocenters. The summed E-state index contributed by atoms with van der Waals surface area (Å²) in [6.45, 7) is 0. The Kier molecular flexibility index (Phi) is 4.43. The molecule has 0 fully saturated rings. The quantitative estimate of drug-likeness (QED) is 0.630. The first-order chi connectivity index (χ1) is 14.6. The Morgan fingerprint density at radius 1 is 1.03 bits per heavy atom. The van der Waals surface area contributed by atoms with Crippen molar-refractivity contribution in [2.45, 2.75) is 12.3 Å². The van der Waals surface area contributed by atoms with E-state index in [-0.39, 0.29) is 11.8 Å². The van der Waals surface area contributed by atoms with Gasteiger partial charge in [-0.1, -0.05) is 48.5 Å². The molecule has 0 saturated carbocycles. The molecular weight excluding hydrogens is 379 g/mol. The first kappa shape index (κ1) is 18.3. The molecule has 0 spiro atoms. The fraction of sp³-hybridized carbons (Fsp3) is 0.120. The van der Waals surface area contributed by atoms with Crippen LogP contribution in [0.5, 0.6) is 5.75 Å². The Labute approximate surface area is 173 Å². The number of halogens is 1. The van der Waals surface area contributed by atoms with Crippen molar-refractivity contribution in [1.29, 1.82) is 0 Å². The lowest BCUT2D eigenvalue weighted by atomic mass is 9.80. The maximum atomic E-state index is 13.7. The van der Waals surface area contributed by atoms with Crippen LogP contribution in [0.25, 0.3) is 0 Å². The largest absolute Gasteiger partial charge is 0.497 e. The molecule has 1 aliphatic carbocycles. The van der Waals surface area contributed by atoms with E-state index in [9.17, 15) is 9.18 Å². The standard InChI is InChI=1S/C25H19FN2O2/c1-30-20-11-9-16(10-12-20)13-17-14-23-24(22-8-3-2-7-21(17)22)27-28(25(23)29)19-6-4-5-18(26)15-19/h2-12,14-15,17H,13H2,1H3. The summed E-state index contributed by atoms with van der Waals surface area (Å²) in [6.07, 6.45) is 2.75. The lowest BCUT2D eigenvalue weighted by Gasteiger charge is -2.23. The number of allylic oxidation sites excluding steroid dienone is 1. The zero-order valence-electron chi connectivity index (χ0n) is 16.4. The summed E-state index contributed by atoms with van der Waals surface area (Å²) >= 11 is 0. The zero-order valence-corrected chi connectivity index (χ0v) is 16.4. The second kappa shape index (κ2) is 7.26. The van der Waals surface area contributed by atoms with Gasteiger partial charge >= 0.3 is 0 Å². The van der Waals surface area contributed by atoms with Gasteiger partial charge in [0.05, 0.1) is 18.4 Å². The van der Waals surface area contributed by atoms with Gasteiger partial charge in [-0.25, -0.2) is 4.39 Å². The number of methoxy groups -OCH3 is 1. The van der Waals surface area contributed by atoms with Gasteiger partial charge in [0.1, 0.15) is 17.3 Å². The molecule has 4 nitrogen and oxygen atoms in total. The Morgan fingerprint density at radius 2 is 1.83 bits per heavy atom. The van der Waals surface area contributed by atoms with Crippen LogP contribution in [0.2, 0.25) is 0 Å². The minimum atomic E-state index is -0.401. The molecule has 1 aliphatic heterocycles. The summed E-state index contributed by atoms with van der Waals surface area (Å²) in [7, 11) is 1.65. The lowest BCUT2D eigenvalue weighted by Crippen LogP contribution is -2.23. The van der Waals surface area contributed by atoms with Crippen LogP contribution in [0.3, 0.4) is 0 Å². The number of anilines is 1.